The van der Waals surface area contributed by atoms with Gasteiger partial charge < -0.3 is 4.98 Å². The zero-order valence-corrected chi connectivity index (χ0v) is 7.19. The minimum atomic E-state index is 1.24. The van der Waals surface area contributed by atoms with Gasteiger partial charge in [0, 0.05) is 16.3 Å². The maximum atomic E-state index is 3.38. The first kappa shape index (κ1) is 6.26. The van der Waals surface area contributed by atoms with E-state index < -0.39 is 0 Å². The molecular weight excluding hydrogens is 166 g/mol. The van der Waals surface area contributed by atoms with Crippen LogP contribution in [0.5, 0.6) is 0 Å². The fraction of sp³-hybridized carbons (Fsp3) is 0. The molecule has 0 spiro atoms. The average Bonchev–Trinajstić information content (AvgIpc) is 2.62. The lowest BCUT2D eigenvalue weighted by atomic mass is 10.2. The molecule has 0 fully saturated rings. The van der Waals surface area contributed by atoms with Crippen molar-refractivity contribution in [3.63, 3.8) is 0 Å². The number of benzene rings is 1. The molecule has 0 saturated heterocycles. The van der Waals surface area contributed by atoms with Gasteiger partial charge in [-0.2, -0.15) is 0 Å². The van der Waals surface area contributed by atoms with Gasteiger partial charge >= 0.3 is 0 Å². The second-order valence-corrected chi connectivity index (χ2v) is 3.75. The Morgan fingerprint density at radius 1 is 1.00 bits per heavy atom. The quantitative estimate of drug-likeness (QED) is 0.536. The van der Waals surface area contributed by atoms with E-state index in [4.69, 9.17) is 0 Å². The summed E-state index contributed by atoms with van der Waals surface area (Å²) in [5.74, 6) is 0. The van der Waals surface area contributed by atoms with E-state index in [1.165, 1.54) is 21.1 Å². The van der Waals surface area contributed by atoms with Gasteiger partial charge in [-0.3, -0.25) is 0 Å². The van der Waals surface area contributed by atoms with Gasteiger partial charge in [0.1, 0.15) is 4.83 Å². The summed E-state index contributed by atoms with van der Waals surface area (Å²) in [5, 5.41) is 4.79. The molecule has 3 aromatic rings. The summed E-state index contributed by atoms with van der Waals surface area (Å²) in [6.45, 7) is 0. The number of aromatic nitrogens is 1. The third-order valence-electron chi connectivity index (χ3n) is 2.13. The first-order valence-corrected chi connectivity index (χ1v) is 4.77. The zero-order chi connectivity index (χ0) is 7.97. The number of aromatic amines is 1. The van der Waals surface area contributed by atoms with Gasteiger partial charge in [0.25, 0.3) is 0 Å². The molecule has 2 heteroatoms. The number of hydrogen-bond acceptors (Lipinski definition) is 1. The van der Waals surface area contributed by atoms with Gasteiger partial charge in [-0.15, -0.1) is 11.3 Å². The van der Waals surface area contributed by atoms with Gasteiger partial charge in [0.15, 0.2) is 0 Å². The van der Waals surface area contributed by atoms with Crippen LogP contribution in [0.3, 0.4) is 0 Å². The van der Waals surface area contributed by atoms with E-state index in [-0.39, 0.29) is 0 Å². The van der Waals surface area contributed by atoms with E-state index in [9.17, 15) is 0 Å². The van der Waals surface area contributed by atoms with E-state index in [1.807, 2.05) is 0 Å². The van der Waals surface area contributed by atoms with Gasteiger partial charge in [-0.05, 0) is 17.5 Å². The predicted octanol–water partition coefficient (Wildman–Crippen LogP) is 3.38. The smallest absolute Gasteiger partial charge is 0.101 e. The molecule has 58 valence electrons. The molecule has 0 amide bonds. The third kappa shape index (κ3) is 0.676. The molecule has 0 atom stereocenters. The molecule has 0 aliphatic rings. The molecule has 2 aromatic heterocycles. The lowest BCUT2D eigenvalue weighted by Crippen LogP contribution is -1.63. The molecule has 0 aliphatic carbocycles. The van der Waals surface area contributed by atoms with Crippen LogP contribution in [0.4, 0.5) is 0 Å². The predicted molar refractivity (Wildman–Crippen MR) is 53.7 cm³/mol. The van der Waals surface area contributed by atoms with Crippen molar-refractivity contribution < 1.29 is 0 Å². The lowest BCUT2D eigenvalue weighted by Gasteiger charge is -1.85. The number of hydrogen-bond donors (Lipinski definition) is 1. The fourth-order valence-corrected chi connectivity index (χ4v) is 2.38. The molecular formula is C10H7NS. The molecule has 0 radical (unpaired) electrons. The van der Waals surface area contributed by atoms with Gasteiger partial charge in [0.05, 0.1) is 0 Å². The first-order valence-electron chi connectivity index (χ1n) is 3.89. The zero-order valence-electron chi connectivity index (χ0n) is 6.37. The summed E-state index contributed by atoms with van der Waals surface area (Å²) in [7, 11) is 0. The standard InChI is InChI=1S/C10H7NS/c1-2-4-9-7(3-1)8-5-6-12-10(8)11-9/h1-6,11H. The van der Waals surface area contributed by atoms with Crippen molar-refractivity contribution in [1.82, 2.24) is 4.98 Å². The van der Waals surface area contributed by atoms with Crippen LogP contribution in [0, 0.1) is 0 Å². The summed E-state index contributed by atoms with van der Waals surface area (Å²) in [4.78, 5) is 4.65. The molecule has 0 saturated carbocycles. The second-order valence-electron chi connectivity index (χ2n) is 2.83. The van der Waals surface area contributed by atoms with Crippen molar-refractivity contribution in [1.29, 1.82) is 0 Å². The number of H-pyrrole nitrogens is 1. The minimum absolute atomic E-state index is 1.24. The molecule has 12 heavy (non-hydrogen) atoms. The van der Waals surface area contributed by atoms with E-state index in [1.54, 1.807) is 11.3 Å². The van der Waals surface area contributed by atoms with E-state index in [2.05, 4.69) is 40.7 Å². The number of rotatable bonds is 0. The highest BCUT2D eigenvalue weighted by molar-refractivity contribution is 7.17. The highest BCUT2D eigenvalue weighted by Crippen LogP contribution is 2.28. The lowest BCUT2D eigenvalue weighted by molar-refractivity contribution is 1.58. The van der Waals surface area contributed by atoms with Crippen molar-refractivity contribution in [2.45, 2.75) is 0 Å². The van der Waals surface area contributed by atoms with Gasteiger partial charge in [0.2, 0.25) is 0 Å². The Morgan fingerprint density at radius 2 is 1.92 bits per heavy atom. The molecule has 0 unspecified atom stereocenters. The normalized spacial score (nSPS) is 11.3. The summed E-state index contributed by atoms with van der Waals surface area (Å²) in [6, 6.07) is 10.6. The van der Waals surface area contributed by atoms with Crippen LogP contribution in [-0.4, -0.2) is 4.98 Å². The summed E-state index contributed by atoms with van der Waals surface area (Å²) < 4.78 is 0. The maximum Gasteiger partial charge on any atom is 0.101 e. The van der Waals surface area contributed by atoms with E-state index >= 15 is 0 Å². The van der Waals surface area contributed by atoms with Crippen LogP contribution >= 0.6 is 11.3 Å². The monoisotopic (exact) mass is 173 g/mol. The largest absolute Gasteiger partial charge is 0.346 e. The number of fused-ring (bicyclic) bond motifs is 3. The van der Waals surface area contributed by atoms with Crippen LogP contribution in [0.2, 0.25) is 0 Å². The van der Waals surface area contributed by atoms with Crippen LogP contribution in [-0.2, 0) is 0 Å². The van der Waals surface area contributed by atoms with Crippen molar-refractivity contribution >= 4 is 32.5 Å². The molecule has 0 aliphatic heterocycles. The molecule has 1 aromatic carbocycles. The summed E-state index contributed by atoms with van der Waals surface area (Å²) in [6.07, 6.45) is 0. The SMILES string of the molecule is c1ccc2c(c1)[nH]c1sccc12. The van der Waals surface area contributed by atoms with Crippen molar-refractivity contribution in [3.05, 3.63) is 35.7 Å². The Bertz CT molecular complexity index is 532. The van der Waals surface area contributed by atoms with Gasteiger partial charge in [-0.25, -0.2) is 0 Å². The second kappa shape index (κ2) is 2.11. The topological polar surface area (TPSA) is 15.8 Å². The molecule has 0 bridgehead atoms. The number of nitrogens with one attached hydrogen (secondary N) is 1. The first-order chi connectivity index (χ1) is 5.95. The number of thiophene rings is 1. The van der Waals surface area contributed by atoms with Crippen LogP contribution in [0.25, 0.3) is 21.1 Å². The van der Waals surface area contributed by atoms with Crippen LogP contribution in [0.1, 0.15) is 0 Å². The molecule has 1 N–H and O–H groups in total. The highest BCUT2D eigenvalue weighted by atomic mass is 32.1. The fourth-order valence-electron chi connectivity index (χ4n) is 1.57. The Morgan fingerprint density at radius 3 is 2.92 bits per heavy atom. The average molecular weight is 173 g/mol. The van der Waals surface area contributed by atoms with E-state index in [0.29, 0.717) is 0 Å². The highest BCUT2D eigenvalue weighted by Gasteiger charge is 2.02. The van der Waals surface area contributed by atoms with Crippen molar-refractivity contribution in [2.75, 3.05) is 0 Å². The van der Waals surface area contributed by atoms with Crippen LogP contribution < -0.4 is 0 Å². The maximum absolute atomic E-state index is 3.38. The van der Waals surface area contributed by atoms with Crippen molar-refractivity contribution in [3.8, 4) is 0 Å². The Balaban J connectivity index is 2.68. The van der Waals surface area contributed by atoms with Crippen LogP contribution in [0.15, 0.2) is 35.7 Å². The Kier molecular flexibility index (Phi) is 1.10. The minimum Gasteiger partial charge on any atom is -0.346 e. The number of para-hydroxylation sites is 1. The van der Waals surface area contributed by atoms with Gasteiger partial charge in [-0.1, -0.05) is 18.2 Å². The third-order valence-corrected chi connectivity index (χ3v) is 2.96. The Hall–Kier alpha value is -1.28. The van der Waals surface area contributed by atoms with E-state index in [0.717, 1.165) is 0 Å². The summed E-state index contributed by atoms with van der Waals surface area (Å²) >= 11 is 1.76. The Labute approximate surface area is 73.6 Å². The van der Waals surface area contributed by atoms with Crippen molar-refractivity contribution in [2.24, 2.45) is 0 Å². The molecule has 2 heterocycles. The molecule has 3 rings (SSSR count). The summed E-state index contributed by atoms with van der Waals surface area (Å²) in [5.41, 5.74) is 1.24. The molecule has 1 nitrogen and oxygen atoms in total.